The molecule has 4 nitrogen and oxygen atoms in total. The first kappa shape index (κ1) is 14.7. The van der Waals surface area contributed by atoms with E-state index in [0.717, 1.165) is 31.4 Å². The monoisotopic (exact) mass is 228 g/mol. The van der Waals surface area contributed by atoms with E-state index in [1.54, 1.807) is 0 Å². The van der Waals surface area contributed by atoms with Gasteiger partial charge in [0.25, 0.3) is 0 Å². The van der Waals surface area contributed by atoms with E-state index in [2.05, 4.69) is 13.8 Å². The van der Waals surface area contributed by atoms with E-state index in [-0.39, 0.29) is 6.10 Å². The van der Waals surface area contributed by atoms with E-state index in [1.807, 2.05) is 6.92 Å². The van der Waals surface area contributed by atoms with E-state index >= 15 is 0 Å². The van der Waals surface area contributed by atoms with Gasteiger partial charge in [-0.05, 0) is 18.8 Å². The molecule has 0 aliphatic rings. The third kappa shape index (κ3) is 8.03. The molecule has 92 valence electrons. The number of carbonyl (C=O) groups excluding carboxylic acids is 1. The van der Waals surface area contributed by atoms with Crippen LogP contribution in [-0.4, -0.2) is 23.1 Å². The van der Waals surface area contributed by atoms with Crippen molar-refractivity contribution in [2.24, 2.45) is 5.92 Å². The lowest BCUT2D eigenvalue weighted by Crippen LogP contribution is -2.19. The molecule has 0 saturated heterocycles. The molecule has 0 amide bonds. The molecule has 0 heterocycles. The largest absolute Gasteiger partial charge is 0.478 e. The molecule has 0 radical (unpaired) electrons. The average molecular weight is 228 g/mol. The number of hydrogen-bond donors (Lipinski definition) is 1. The molecule has 0 bridgehead atoms. The zero-order valence-corrected chi connectivity index (χ0v) is 10.1. The number of hydrogen-bond acceptors (Lipinski definition) is 3. The Kier molecular flexibility index (Phi) is 7.25. The van der Waals surface area contributed by atoms with Crippen LogP contribution in [0.2, 0.25) is 0 Å². The third-order valence-corrected chi connectivity index (χ3v) is 1.99. The molecular formula is C12H20O4. The van der Waals surface area contributed by atoms with Crippen molar-refractivity contribution in [1.82, 2.24) is 0 Å². The standard InChI is InChI=1S/C12H20O4/c1-4-5-10(8-9(2)3)16-12(15)7-6-11(13)14/h6-7,9-10H,4-5,8H2,1-3H3,(H,13,14)/b7-6-. The van der Waals surface area contributed by atoms with Crippen molar-refractivity contribution in [3.63, 3.8) is 0 Å². The minimum absolute atomic E-state index is 0.115. The third-order valence-electron chi connectivity index (χ3n) is 1.99. The fourth-order valence-electron chi connectivity index (χ4n) is 1.42. The van der Waals surface area contributed by atoms with Gasteiger partial charge in [0.05, 0.1) is 0 Å². The zero-order chi connectivity index (χ0) is 12.6. The van der Waals surface area contributed by atoms with Crippen LogP contribution >= 0.6 is 0 Å². The molecule has 0 aromatic carbocycles. The summed E-state index contributed by atoms with van der Waals surface area (Å²) >= 11 is 0. The van der Waals surface area contributed by atoms with Crippen LogP contribution in [0.4, 0.5) is 0 Å². The molecule has 0 rings (SSSR count). The first-order valence-corrected chi connectivity index (χ1v) is 5.57. The van der Waals surface area contributed by atoms with Crippen molar-refractivity contribution >= 4 is 11.9 Å². The Balaban J connectivity index is 4.17. The number of carboxylic acids is 1. The molecule has 0 aromatic heterocycles. The van der Waals surface area contributed by atoms with Gasteiger partial charge in [0.15, 0.2) is 0 Å². The Morgan fingerprint density at radius 2 is 1.94 bits per heavy atom. The van der Waals surface area contributed by atoms with Crippen LogP contribution in [-0.2, 0) is 14.3 Å². The number of carbonyl (C=O) groups is 2. The smallest absolute Gasteiger partial charge is 0.331 e. The molecule has 0 aliphatic heterocycles. The Morgan fingerprint density at radius 3 is 2.38 bits per heavy atom. The van der Waals surface area contributed by atoms with Gasteiger partial charge < -0.3 is 9.84 Å². The summed E-state index contributed by atoms with van der Waals surface area (Å²) in [4.78, 5) is 21.4. The summed E-state index contributed by atoms with van der Waals surface area (Å²) in [5, 5.41) is 8.35. The minimum atomic E-state index is -1.15. The molecule has 1 N–H and O–H groups in total. The van der Waals surface area contributed by atoms with Crippen LogP contribution in [0.5, 0.6) is 0 Å². The lowest BCUT2D eigenvalue weighted by molar-refractivity contribution is -0.144. The highest BCUT2D eigenvalue weighted by Gasteiger charge is 2.13. The van der Waals surface area contributed by atoms with Crippen molar-refractivity contribution in [2.45, 2.75) is 46.1 Å². The van der Waals surface area contributed by atoms with Crippen LogP contribution < -0.4 is 0 Å². The number of ether oxygens (including phenoxy) is 1. The Bertz CT molecular complexity index is 256. The highest BCUT2D eigenvalue weighted by atomic mass is 16.5. The normalized spacial score (nSPS) is 13.0. The molecular weight excluding hydrogens is 208 g/mol. The quantitative estimate of drug-likeness (QED) is 0.536. The fraction of sp³-hybridized carbons (Fsp3) is 0.667. The van der Waals surface area contributed by atoms with E-state index < -0.39 is 11.9 Å². The van der Waals surface area contributed by atoms with Crippen LogP contribution in [0, 0.1) is 5.92 Å². The second kappa shape index (κ2) is 7.91. The molecule has 0 spiro atoms. The van der Waals surface area contributed by atoms with Crippen LogP contribution in [0.3, 0.4) is 0 Å². The highest BCUT2D eigenvalue weighted by Crippen LogP contribution is 2.13. The van der Waals surface area contributed by atoms with Crippen LogP contribution in [0.25, 0.3) is 0 Å². The van der Waals surface area contributed by atoms with Crippen LogP contribution in [0.15, 0.2) is 12.2 Å². The number of aliphatic carboxylic acids is 1. The van der Waals surface area contributed by atoms with Gasteiger partial charge in [-0.3, -0.25) is 0 Å². The molecule has 0 saturated carbocycles. The summed E-state index contributed by atoms with van der Waals surface area (Å²) < 4.78 is 5.16. The van der Waals surface area contributed by atoms with Crippen molar-refractivity contribution in [1.29, 1.82) is 0 Å². The molecule has 0 aliphatic carbocycles. The lowest BCUT2D eigenvalue weighted by atomic mass is 10.0. The maximum atomic E-state index is 11.2. The summed E-state index contributed by atoms with van der Waals surface area (Å²) in [5.74, 6) is -1.28. The maximum absolute atomic E-state index is 11.2. The van der Waals surface area contributed by atoms with Gasteiger partial charge in [0.2, 0.25) is 0 Å². The summed E-state index contributed by atoms with van der Waals surface area (Å²) in [7, 11) is 0. The highest BCUT2D eigenvalue weighted by molar-refractivity contribution is 5.90. The predicted molar refractivity (Wildman–Crippen MR) is 61.0 cm³/mol. The van der Waals surface area contributed by atoms with Crippen molar-refractivity contribution in [3.8, 4) is 0 Å². The molecule has 4 heteroatoms. The fourth-order valence-corrected chi connectivity index (χ4v) is 1.42. The second-order valence-corrected chi connectivity index (χ2v) is 4.15. The first-order valence-electron chi connectivity index (χ1n) is 5.57. The van der Waals surface area contributed by atoms with Crippen molar-refractivity contribution < 1.29 is 19.4 Å². The van der Waals surface area contributed by atoms with Crippen molar-refractivity contribution in [3.05, 3.63) is 12.2 Å². The van der Waals surface area contributed by atoms with Gasteiger partial charge >= 0.3 is 11.9 Å². The van der Waals surface area contributed by atoms with E-state index in [9.17, 15) is 9.59 Å². The van der Waals surface area contributed by atoms with Gasteiger partial charge in [-0.15, -0.1) is 0 Å². The first-order chi connectivity index (χ1) is 7.45. The van der Waals surface area contributed by atoms with Gasteiger partial charge in [-0.25, -0.2) is 9.59 Å². The maximum Gasteiger partial charge on any atom is 0.331 e. The van der Waals surface area contributed by atoms with Gasteiger partial charge in [-0.1, -0.05) is 27.2 Å². The van der Waals surface area contributed by atoms with Gasteiger partial charge in [-0.2, -0.15) is 0 Å². The molecule has 1 atom stereocenters. The van der Waals surface area contributed by atoms with Crippen molar-refractivity contribution in [2.75, 3.05) is 0 Å². The topological polar surface area (TPSA) is 63.6 Å². The summed E-state index contributed by atoms with van der Waals surface area (Å²) in [6.07, 6.45) is 4.18. The summed E-state index contributed by atoms with van der Waals surface area (Å²) in [6, 6.07) is 0. The predicted octanol–water partition coefficient (Wildman–Crippen LogP) is 2.39. The van der Waals surface area contributed by atoms with Gasteiger partial charge in [0.1, 0.15) is 6.10 Å². The number of esters is 1. The Labute approximate surface area is 96.3 Å². The van der Waals surface area contributed by atoms with E-state index in [1.165, 1.54) is 0 Å². The molecule has 1 unspecified atom stereocenters. The van der Waals surface area contributed by atoms with Gasteiger partial charge in [0, 0.05) is 12.2 Å². The SMILES string of the molecule is CCCC(CC(C)C)OC(=O)/C=C\C(=O)O. The zero-order valence-electron chi connectivity index (χ0n) is 10.1. The molecule has 0 aromatic rings. The Hall–Kier alpha value is -1.32. The van der Waals surface area contributed by atoms with Crippen LogP contribution in [0.1, 0.15) is 40.0 Å². The minimum Gasteiger partial charge on any atom is -0.478 e. The molecule has 0 fully saturated rings. The summed E-state index contributed by atoms with van der Waals surface area (Å²) in [5.41, 5.74) is 0. The summed E-state index contributed by atoms with van der Waals surface area (Å²) in [6.45, 7) is 6.14. The van der Waals surface area contributed by atoms with E-state index in [0.29, 0.717) is 5.92 Å². The average Bonchev–Trinajstić information content (AvgIpc) is 2.14. The number of rotatable bonds is 7. The van der Waals surface area contributed by atoms with E-state index in [4.69, 9.17) is 9.84 Å². The second-order valence-electron chi connectivity index (χ2n) is 4.15. The molecule has 16 heavy (non-hydrogen) atoms. The Morgan fingerprint density at radius 1 is 1.31 bits per heavy atom. The lowest BCUT2D eigenvalue weighted by Gasteiger charge is -2.18. The number of carboxylic acid groups (broad SMARTS) is 1.